The van der Waals surface area contributed by atoms with Crippen LogP contribution in [-0.4, -0.2) is 75.4 Å². The minimum atomic E-state index is -1.39. The summed E-state index contributed by atoms with van der Waals surface area (Å²) in [5.74, 6) is -5.98. The minimum absolute atomic E-state index is 0.0483. The van der Waals surface area contributed by atoms with Crippen molar-refractivity contribution in [2.45, 2.75) is 43.8 Å². The first-order valence-electron chi connectivity index (χ1n) is 10.9. The monoisotopic (exact) mass is 504 g/mol. The lowest BCUT2D eigenvalue weighted by Crippen LogP contribution is -2.57. The number of amides is 4. The number of aromatic nitrogens is 1. The van der Waals surface area contributed by atoms with Gasteiger partial charge < -0.3 is 42.6 Å². The molecule has 10 N–H and O–H groups in total. The van der Waals surface area contributed by atoms with E-state index in [1.54, 1.807) is 24.4 Å². The molecule has 0 aliphatic heterocycles. The standard InChI is InChI=1S/C22H28N6O8/c23-13(8-17(24)29)20(34)28-16(7-11-9-25-14-4-2-1-3-12(11)14)22(36)27-15(5-6-18(30)31)21(35)26-10-19(32)33/h1-4,9,13,15-16,25H,5-8,10,23H2,(H2,24,29)(H,26,35)(H,27,36)(H,28,34)(H,30,31)(H,32,33). The van der Waals surface area contributed by atoms with E-state index in [2.05, 4.69) is 20.9 Å². The summed E-state index contributed by atoms with van der Waals surface area (Å²) in [4.78, 5) is 74.1. The van der Waals surface area contributed by atoms with Gasteiger partial charge in [0, 0.05) is 29.9 Å². The maximum absolute atomic E-state index is 13.2. The molecule has 0 saturated heterocycles. The molecule has 1 aromatic carbocycles. The average Bonchev–Trinajstić information content (AvgIpc) is 3.21. The van der Waals surface area contributed by atoms with Gasteiger partial charge in [0.2, 0.25) is 23.6 Å². The molecule has 0 saturated carbocycles. The zero-order chi connectivity index (χ0) is 26.8. The van der Waals surface area contributed by atoms with E-state index in [1.807, 2.05) is 6.07 Å². The van der Waals surface area contributed by atoms with Crippen LogP contribution in [0.5, 0.6) is 0 Å². The summed E-state index contributed by atoms with van der Waals surface area (Å²) in [6.45, 7) is -0.740. The van der Waals surface area contributed by atoms with Crippen molar-refractivity contribution in [3.8, 4) is 0 Å². The fourth-order valence-electron chi connectivity index (χ4n) is 3.41. The molecule has 0 aliphatic carbocycles. The Hall–Kier alpha value is -4.46. The van der Waals surface area contributed by atoms with E-state index in [1.165, 1.54) is 0 Å². The van der Waals surface area contributed by atoms with E-state index in [0.29, 0.717) is 5.56 Å². The van der Waals surface area contributed by atoms with Crippen LogP contribution in [-0.2, 0) is 35.2 Å². The van der Waals surface area contributed by atoms with Gasteiger partial charge in [-0.1, -0.05) is 18.2 Å². The molecular formula is C22H28N6O8. The second-order valence-electron chi connectivity index (χ2n) is 8.01. The topological polar surface area (TPSA) is 247 Å². The summed E-state index contributed by atoms with van der Waals surface area (Å²) >= 11 is 0. The number of nitrogens with two attached hydrogens (primary N) is 2. The molecule has 3 atom stereocenters. The summed E-state index contributed by atoms with van der Waals surface area (Å²) in [5.41, 5.74) is 12.2. The van der Waals surface area contributed by atoms with Gasteiger partial charge >= 0.3 is 11.9 Å². The smallest absolute Gasteiger partial charge is 0.322 e. The lowest BCUT2D eigenvalue weighted by Gasteiger charge is -2.24. The SMILES string of the molecule is NC(=O)CC(N)C(=O)NC(Cc1c[nH]c2ccccc12)C(=O)NC(CCC(=O)O)C(=O)NCC(=O)O. The predicted molar refractivity (Wildman–Crippen MR) is 125 cm³/mol. The molecule has 14 heteroatoms. The number of carboxylic acids is 2. The van der Waals surface area contributed by atoms with Gasteiger partial charge in [0.25, 0.3) is 0 Å². The van der Waals surface area contributed by atoms with Crippen LogP contribution >= 0.6 is 0 Å². The number of hydrogen-bond donors (Lipinski definition) is 8. The molecule has 1 heterocycles. The number of hydrogen-bond acceptors (Lipinski definition) is 7. The number of primary amides is 1. The normalized spacial score (nSPS) is 13.2. The second-order valence-corrected chi connectivity index (χ2v) is 8.01. The van der Waals surface area contributed by atoms with Crippen molar-refractivity contribution in [3.05, 3.63) is 36.0 Å². The molecule has 14 nitrogen and oxygen atoms in total. The first-order valence-corrected chi connectivity index (χ1v) is 10.9. The summed E-state index contributed by atoms with van der Waals surface area (Å²) in [7, 11) is 0. The molecule has 4 amide bonds. The van der Waals surface area contributed by atoms with Crippen LogP contribution < -0.4 is 27.4 Å². The van der Waals surface area contributed by atoms with Gasteiger partial charge in [-0.25, -0.2) is 0 Å². The van der Waals surface area contributed by atoms with Crippen molar-refractivity contribution < 1.29 is 39.0 Å². The van der Waals surface area contributed by atoms with Crippen LogP contribution in [0.4, 0.5) is 0 Å². The van der Waals surface area contributed by atoms with E-state index in [0.717, 1.165) is 10.9 Å². The van der Waals surface area contributed by atoms with Crippen LogP contribution in [0.1, 0.15) is 24.8 Å². The van der Waals surface area contributed by atoms with Crippen molar-refractivity contribution in [1.82, 2.24) is 20.9 Å². The Morgan fingerprint density at radius 1 is 0.917 bits per heavy atom. The lowest BCUT2D eigenvalue weighted by molar-refractivity contribution is -0.140. The van der Waals surface area contributed by atoms with Crippen molar-refractivity contribution in [2.75, 3.05) is 6.54 Å². The van der Waals surface area contributed by atoms with Gasteiger partial charge in [0.1, 0.15) is 18.6 Å². The first kappa shape index (κ1) is 27.8. The third-order valence-corrected chi connectivity index (χ3v) is 5.18. The van der Waals surface area contributed by atoms with Crippen LogP contribution in [0.25, 0.3) is 10.9 Å². The van der Waals surface area contributed by atoms with Crippen molar-refractivity contribution in [1.29, 1.82) is 0 Å². The van der Waals surface area contributed by atoms with E-state index in [-0.39, 0.29) is 12.8 Å². The Kier molecular flexibility index (Phi) is 9.92. The minimum Gasteiger partial charge on any atom is -0.481 e. The largest absolute Gasteiger partial charge is 0.481 e. The molecule has 2 rings (SSSR count). The first-order chi connectivity index (χ1) is 17.0. The number of aromatic amines is 1. The molecule has 0 bridgehead atoms. The van der Waals surface area contributed by atoms with Crippen LogP contribution in [0.2, 0.25) is 0 Å². The molecule has 0 fully saturated rings. The summed E-state index contributed by atoms with van der Waals surface area (Å²) in [6, 6.07) is 3.19. The maximum Gasteiger partial charge on any atom is 0.322 e. The molecule has 1 aromatic heterocycles. The number of carbonyl (C=O) groups is 6. The van der Waals surface area contributed by atoms with Gasteiger partial charge in [-0.05, 0) is 18.1 Å². The summed E-state index contributed by atoms with van der Waals surface area (Å²) in [5, 5.41) is 25.4. The highest BCUT2D eigenvalue weighted by Crippen LogP contribution is 2.19. The number of carboxylic acid groups (broad SMARTS) is 2. The van der Waals surface area contributed by atoms with E-state index in [4.69, 9.17) is 21.7 Å². The molecule has 3 unspecified atom stereocenters. The fraction of sp³-hybridized carbons (Fsp3) is 0.364. The molecule has 2 aromatic rings. The predicted octanol–water partition coefficient (Wildman–Crippen LogP) is -2.05. The Morgan fingerprint density at radius 3 is 2.22 bits per heavy atom. The molecule has 36 heavy (non-hydrogen) atoms. The number of fused-ring (bicyclic) bond motifs is 1. The summed E-state index contributed by atoms with van der Waals surface area (Å²) in [6.07, 6.45) is 0.303. The number of H-pyrrole nitrogens is 1. The van der Waals surface area contributed by atoms with Gasteiger partial charge in [-0.15, -0.1) is 0 Å². The highest BCUT2D eigenvalue weighted by Gasteiger charge is 2.29. The number of benzene rings is 1. The second kappa shape index (κ2) is 12.9. The van der Waals surface area contributed by atoms with E-state index in [9.17, 15) is 28.8 Å². The number of carbonyl (C=O) groups excluding carboxylic acids is 4. The number of para-hydroxylation sites is 1. The van der Waals surface area contributed by atoms with E-state index < -0.39 is 73.1 Å². The molecule has 0 aliphatic rings. The van der Waals surface area contributed by atoms with Crippen LogP contribution in [0, 0.1) is 0 Å². The van der Waals surface area contributed by atoms with Crippen LogP contribution in [0.3, 0.4) is 0 Å². The number of nitrogens with one attached hydrogen (secondary N) is 4. The van der Waals surface area contributed by atoms with Gasteiger partial charge in [0.05, 0.1) is 12.5 Å². The third kappa shape index (κ3) is 8.39. The fourth-order valence-corrected chi connectivity index (χ4v) is 3.41. The van der Waals surface area contributed by atoms with Crippen molar-refractivity contribution >= 4 is 46.5 Å². The Morgan fingerprint density at radius 2 is 1.58 bits per heavy atom. The Labute approximate surface area is 204 Å². The van der Waals surface area contributed by atoms with Crippen molar-refractivity contribution in [2.24, 2.45) is 11.5 Å². The molecular weight excluding hydrogens is 476 g/mol. The maximum atomic E-state index is 13.2. The number of aliphatic carboxylic acids is 2. The molecule has 194 valence electrons. The third-order valence-electron chi connectivity index (χ3n) is 5.18. The zero-order valence-corrected chi connectivity index (χ0v) is 19.2. The van der Waals surface area contributed by atoms with Gasteiger partial charge in [-0.3, -0.25) is 28.8 Å². The highest BCUT2D eigenvalue weighted by molar-refractivity contribution is 5.95. The zero-order valence-electron chi connectivity index (χ0n) is 19.2. The Bertz CT molecular complexity index is 1150. The Balaban J connectivity index is 2.27. The quantitative estimate of drug-likeness (QED) is 0.141. The van der Waals surface area contributed by atoms with Crippen molar-refractivity contribution in [3.63, 3.8) is 0 Å². The summed E-state index contributed by atoms with van der Waals surface area (Å²) < 4.78 is 0. The molecule has 0 radical (unpaired) electrons. The number of rotatable bonds is 14. The average molecular weight is 505 g/mol. The lowest BCUT2D eigenvalue weighted by atomic mass is 10.0. The van der Waals surface area contributed by atoms with Gasteiger partial charge in [0.15, 0.2) is 0 Å². The van der Waals surface area contributed by atoms with E-state index >= 15 is 0 Å². The van der Waals surface area contributed by atoms with Gasteiger partial charge in [-0.2, -0.15) is 0 Å². The highest BCUT2D eigenvalue weighted by atomic mass is 16.4. The van der Waals surface area contributed by atoms with Crippen LogP contribution in [0.15, 0.2) is 30.5 Å². The molecule has 0 spiro atoms.